The quantitative estimate of drug-likeness (QED) is 0.716. The third-order valence-corrected chi connectivity index (χ3v) is 6.87. The lowest BCUT2D eigenvalue weighted by atomic mass is 9.96. The van der Waals surface area contributed by atoms with Gasteiger partial charge in [-0.1, -0.05) is 29.8 Å². The molecule has 1 aliphatic heterocycles. The fourth-order valence-electron chi connectivity index (χ4n) is 3.43. The van der Waals surface area contributed by atoms with Crippen molar-refractivity contribution in [1.82, 2.24) is 0 Å². The predicted molar refractivity (Wildman–Crippen MR) is 104 cm³/mol. The Kier molecular flexibility index (Phi) is 5.74. The van der Waals surface area contributed by atoms with Crippen LogP contribution in [-0.2, 0) is 14.8 Å². The lowest BCUT2D eigenvalue weighted by Crippen LogP contribution is -2.85. The Morgan fingerprint density at radius 1 is 1.19 bits per heavy atom. The molecule has 8 heteroatoms. The number of anilines is 1. The molecule has 1 unspecified atom stereocenters. The SMILES string of the molecule is CN1c2ccccc2C([NH2+]CCCCC(=O)O)c2ccc(Cl)cc2S1(=O)=O. The molecule has 0 fully saturated rings. The number of carboxylic acid groups (broad SMARTS) is 1. The Morgan fingerprint density at radius 3 is 2.67 bits per heavy atom. The second-order valence-electron chi connectivity index (χ2n) is 6.57. The van der Waals surface area contributed by atoms with E-state index in [4.69, 9.17) is 16.7 Å². The molecule has 1 atom stereocenters. The van der Waals surface area contributed by atoms with Gasteiger partial charge in [-0.2, -0.15) is 0 Å². The first-order valence-corrected chi connectivity index (χ1v) is 10.6. The van der Waals surface area contributed by atoms with Crippen molar-refractivity contribution < 1.29 is 23.6 Å². The molecule has 1 aliphatic rings. The van der Waals surface area contributed by atoms with Gasteiger partial charge in [0.1, 0.15) is 6.04 Å². The molecule has 0 bridgehead atoms. The van der Waals surface area contributed by atoms with Crippen LogP contribution in [0.15, 0.2) is 47.4 Å². The first kappa shape index (κ1) is 19.7. The summed E-state index contributed by atoms with van der Waals surface area (Å²) in [5, 5.41) is 11.2. The van der Waals surface area contributed by atoms with Gasteiger partial charge in [-0.05, 0) is 37.1 Å². The van der Waals surface area contributed by atoms with Gasteiger partial charge in [-0.15, -0.1) is 0 Å². The van der Waals surface area contributed by atoms with Crippen LogP contribution < -0.4 is 9.62 Å². The van der Waals surface area contributed by atoms with E-state index in [9.17, 15) is 13.2 Å². The van der Waals surface area contributed by atoms with Crippen molar-refractivity contribution in [2.45, 2.75) is 30.2 Å². The molecular weight excluding hydrogens is 388 g/mol. The van der Waals surface area contributed by atoms with E-state index < -0.39 is 16.0 Å². The Bertz CT molecular complexity index is 962. The fourth-order valence-corrected chi connectivity index (χ4v) is 5.16. The number of rotatable bonds is 6. The zero-order valence-corrected chi connectivity index (χ0v) is 16.5. The van der Waals surface area contributed by atoms with E-state index in [2.05, 4.69) is 5.32 Å². The molecular formula is C19H22ClN2O4S+. The topological polar surface area (TPSA) is 91.3 Å². The zero-order chi connectivity index (χ0) is 19.6. The first-order valence-electron chi connectivity index (χ1n) is 8.75. The van der Waals surface area contributed by atoms with Gasteiger partial charge in [0.15, 0.2) is 0 Å². The average Bonchev–Trinajstić information content (AvgIpc) is 2.70. The van der Waals surface area contributed by atoms with Gasteiger partial charge in [0.25, 0.3) is 10.0 Å². The summed E-state index contributed by atoms with van der Waals surface area (Å²) in [4.78, 5) is 10.9. The van der Waals surface area contributed by atoms with Crippen molar-refractivity contribution in [2.24, 2.45) is 0 Å². The summed E-state index contributed by atoms with van der Waals surface area (Å²) in [6.07, 6.45) is 1.46. The molecule has 2 aromatic rings. The number of hydrogen-bond donors (Lipinski definition) is 2. The number of nitrogens with zero attached hydrogens (tertiary/aromatic N) is 1. The first-order chi connectivity index (χ1) is 12.8. The number of para-hydroxylation sites is 1. The smallest absolute Gasteiger partial charge is 0.303 e. The Morgan fingerprint density at radius 2 is 1.93 bits per heavy atom. The largest absolute Gasteiger partial charge is 0.481 e. The Balaban J connectivity index is 2.01. The highest BCUT2D eigenvalue weighted by molar-refractivity contribution is 7.92. The highest BCUT2D eigenvalue weighted by Crippen LogP contribution is 2.39. The molecule has 144 valence electrons. The monoisotopic (exact) mass is 409 g/mol. The molecule has 0 spiro atoms. The van der Waals surface area contributed by atoms with Crippen LogP contribution in [0.25, 0.3) is 0 Å². The molecule has 0 amide bonds. The van der Waals surface area contributed by atoms with E-state index in [-0.39, 0.29) is 17.4 Å². The molecule has 0 aliphatic carbocycles. The maximum Gasteiger partial charge on any atom is 0.303 e. The van der Waals surface area contributed by atoms with Gasteiger partial charge in [-0.25, -0.2) is 8.42 Å². The Hall–Kier alpha value is -2.09. The van der Waals surface area contributed by atoms with E-state index in [0.29, 0.717) is 29.2 Å². The number of nitrogens with two attached hydrogens (primary N) is 1. The van der Waals surface area contributed by atoms with Crippen LogP contribution in [0.2, 0.25) is 5.02 Å². The second kappa shape index (κ2) is 7.88. The number of unbranched alkanes of at least 4 members (excludes halogenated alkanes) is 1. The average molecular weight is 410 g/mol. The maximum absolute atomic E-state index is 13.1. The van der Waals surface area contributed by atoms with E-state index >= 15 is 0 Å². The molecule has 0 saturated heterocycles. The number of halogens is 1. The van der Waals surface area contributed by atoms with Crippen LogP contribution in [-0.4, -0.2) is 33.1 Å². The molecule has 0 aromatic heterocycles. The van der Waals surface area contributed by atoms with Crippen molar-refractivity contribution >= 4 is 33.3 Å². The van der Waals surface area contributed by atoms with Gasteiger partial charge in [-0.3, -0.25) is 9.10 Å². The highest BCUT2D eigenvalue weighted by atomic mass is 35.5. The minimum Gasteiger partial charge on any atom is -0.481 e. The van der Waals surface area contributed by atoms with Gasteiger partial charge in [0.2, 0.25) is 0 Å². The number of sulfonamides is 1. The van der Waals surface area contributed by atoms with Crippen LogP contribution >= 0.6 is 11.6 Å². The van der Waals surface area contributed by atoms with Gasteiger partial charge in [0, 0.05) is 29.6 Å². The highest BCUT2D eigenvalue weighted by Gasteiger charge is 2.36. The number of aliphatic carboxylic acids is 1. The minimum atomic E-state index is -3.72. The normalized spacial score (nSPS) is 17.7. The van der Waals surface area contributed by atoms with Crippen molar-refractivity contribution in [3.63, 3.8) is 0 Å². The van der Waals surface area contributed by atoms with Crippen molar-refractivity contribution in [3.05, 3.63) is 58.6 Å². The van der Waals surface area contributed by atoms with Crippen molar-refractivity contribution in [1.29, 1.82) is 0 Å². The van der Waals surface area contributed by atoms with Crippen molar-refractivity contribution in [2.75, 3.05) is 17.9 Å². The van der Waals surface area contributed by atoms with E-state index in [1.807, 2.05) is 18.2 Å². The van der Waals surface area contributed by atoms with Crippen LogP contribution in [0.3, 0.4) is 0 Å². The summed E-state index contributed by atoms with van der Waals surface area (Å²) in [5.41, 5.74) is 2.23. The summed E-state index contributed by atoms with van der Waals surface area (Å²) in [6, 6.07) is 12.2. The number of quaternary nitrogens is 1. The number of hydrogen-bond acceptors (Lipinski definition) is 3. The van der Waals surface area contributed by atoms with Gasteiger partial charge in [0.05, 0.1) is 17.1 Å². The fraction of sp³-hybridized carbons (Fsp3) is 0.316. The molecule has 0 radical (unpaired) electrons. The second-order valence-corrected chi connectivity index (χ2v) is 8.94. The minimum absolute atomic E-state index is 0.137. The van der Waals surface area contributed by atoms with Crippen LogP contribution in [0.4, 0.5) is 5.69 Å². The number of fused-ring (bicyclic) bond motifs is 2. The lowest BCUT2D eigenvalue weighted by Gasteiger charge is -2.20. The molecule has 1 heterocycles. The maximum atomic E-state index is 13.1. The summed E-state index contributed by atoms with van der Waals surface area (Å²) in [5.74, 6) is -0.803. The summed E-state index contributed by atoms with van der Waals surface area (Å²) in [6.45, 7) is 0.693. The lowest BCUT2D eigenvalue weighted by molar-refractivity contribution is -0.687. The summed E-state index contributed by atoms with van der Waals surface area (Å²) in [7, 11) is -2.17. The predicted octanol–water partition coefficient (Wildman–Crippen LogP) is 2.39. The molecule has 0 saturated carbocycles. The summed E-state index contributed by atoms with van der Waals surface area (Å²) < 4.78 is 27.5. The van der Waals surface area contributed by atoms with Gasteiger partial charge < -0.3 is 10.4 Å². The van der Waals surface area contributed by atoms with Crippen molar-refractivity contribution in [3.8, 4) is 0 Å². The number of carboxylic acids is 1. The molecule has 27 heavy (non-hydrogen) atoms. The van der Waals surface area contributed by atoms with E-state index in [1.165, 1.54) is 10.4 Å². The summed E-state index contributed by atoms with van der Waals surface area (Å²) >= 11 is 6.09. The molecule has 6 nitrogen and oxygen atoms in total. The van der Waals surface area contributed by atoms with E-state index in [0.717, 1.165) is 12.0 Å². The molecule has 3 rings (SSSR count). The number of benzene rings is 2. The van der Waals surface area contributed by atoms with Crippen LogP contribution in [0.1, 0.15) is 36.4 Å². The number of carbonyl (C=O) groups is 1. The standard InChI is InChI=1S/C19H21ClN2O4S/c1-22-16-7-3-2-6-14(16)19(21-11-5-4-8-18(23)24)15-10-9-13(20)12-17(15)27(22,25)26/h2-3,6-7,9-10,12,19,21H,4-5,8,11H2,1H3,(H,23,24)/p+1. The van der Waals surface area contributed by atoms with Gasteiger partial charge >= 0.3 is 5.97 Å². The zero-order valence-electron chi connectivity index (χ0n) is 14.9. The van der Waals surface area contributed by atoms with Crippen LogP contribution in [0, 0.1) is 0 Å². The van der Waals surface area contributed by atoms with E-state index in [1.54, 1.807) is 25.2 Å². The third-order valence-electron chi connectivity index (χ3n) is 4.81. The molecule has 2 aromatic carbocycles. The Labute approximate surface area is 163 Å². The molecule has 3 N–H and O–H groups in total. The third kappa shape index (κ3) is 3.95. The van der Waals surface area contributed by atoms with Crippen LogP contribution in [0.5, 0.6) is 0 Å².